The van der Waals surface area contributed by atoms with E-state index < -0.39 is 19.9 Å². The highest BCUT2D eigenvalue weighted by Crippen LogP contribution is 2.35. The number of carbonyl (C=O) groups excluding carboxylic acids is 1. The molecule has 1 atom stereocenters. The molecule has 1 amide bonds. The standard InChI is InChI=1S/C16H22ClNO4S/c1-16(2,23(17,20)21)14-9-6-10-18(11-14)15(19)22-12-13-7-4-3-5-8-13/h3-5,7-8,14H,6,9-12H2,1-2H3. The molecule has 1 aliphatic heterocycles. The smallest absolute Gasteiger partial charge is 0.410 e. The van der Waals surface area contributed by atoms with Gasteiger partial charge in [-0.1, -0.05) is 30.3 Å². The molecule has 1 fully saturated rings. The van der Waals surface area contributed by atoms with Crippen LogP contribution in [0.25, 0.3) is 0 Å². The van der Waals surface area contributed by atoms with Crippen LogP contribution in [0.3, 0.4) is 0 Å². The Morgan fingerprint density at radius 2 is 2.00 bits per heavy atom. The summed E-state index contributed by atoms with van der Waals surface area (Å²) in [4.78, 5) is 13.8. The number of halogens is 1. The second-order valence-corrected chi connectivity index (χ2v) is 9.51. The molecule has 7 heteroatoms. The van der Waals surface area contributed by atoms with Crippen molar-refractivity contribution in [2.45, 2.75) is 38.0 Å². The molecule has 5 nitrogen and oxygen atoms in total. The van der Waals surface area contributed by atoms with Gasteiger partial charge in [0.25, 0.3) is 0 Å². The number of piperidine rings is 1. The molecule has 0 saturated carbocycles. The van der Waals surface area contributed by atoms with Crippen molar-refractivity contribution in [3.63, 3.8) is 0 Å². The highest BCUT2D eigenvalue weighted by Gasteiger charge is 2.43. The molecule has 2 rings (SSSR count). The van der Waals surface area contributed by atoms with E-state index in [0.29, 0.717) is 13.1 Å². The van der Waals surface area contributed by atoms with E-state index in [1.165, 1.54) is 0 Å². The predicted octanol–water partition coefficient (Wildman–Crippen LogP) is 3.38. The molecule has 0 aliphatic carbocycles. The fourth-order valence-electron chi connectivity index (χ4n) is 2.72. The summed E-state index contributed by atoms with van der Waals surface area (Å²) in [6, 6.07) is 9.43. The normalized spacial score (nSPS) is 19.4. The number of ether oxygens (including phenoxy) is 1. The Bertz CT molecular complexity index is 645. The van der Waals surface area contributed by atoms with Gasteiger partial charge in [0.05, 0.1) is 4.75 Å². The lowest BCUT2D eigenvalue weighted by Crippen LogP contribution is -2.49. The second kappa shape index (κ2) is 7.09. The quantitative estimate of drug-likeness (QED) is 0.773. The lowest BCUT2D eigenvalue weighted by Gasteiger charge is -2.39. The number of carbonyl (C=O) groups is 1. The highest BCUT2D eigenvalue weighted by atomic mass is 35.7. The van der Waals surface area contributed by atoms with Crippen LogP contribution in [0.4, 0.5) is 4.79 Å². The SMILES string of the molecule is CC(C)(C1CCCN(C(=O)OCc2ccccc2)C1)S(=O)(=O)Cl. The molecular weight excluding hydrogens is 338 g/mol. The molecule has 1 aromatic rings. The van der Waals surface area contributed by atoms with Gasteiger partial charge in [-0.25, -0.2) is 13.2 Å². The van der Waals surface area contributed by atoms with Crippen LogP contribution in [0.2, 0.25) is 0 Å². The Morgan fingerprint density at radius 3 is 2.61 bits per heavy atom. The third-order valence-corrected chi connectivity index (χ3v) is 7.28. The van der Waals surface area contributed by atoms with E-state index in [9.17, 15) is 13.2 Å². The first-order valence-electron chi connectivity index (χ1n) is 7.61. The second-order valence-electron chi connectivity index (χ2n) is 6.37. The summed E-state index contributed by atoms with van der Waals surface area (Å²) in [6.45, 7) is 4.34. The summed E-state index contributed by atoms with van der Waals surface area (Å²) < 4.78 is 27.8. The lowest BCUT2D eigenvalue weighted by atomic mass is 9.87. The number of benzene rings is 1. The lowest BCUT2D eigenvalue weighted by molar-refractivity contribution is 0.0748. The molecule has 1 saturated heterocycles. The summed E-state index contributed by atoms with van der Waals surface area (Å²) >= 11 is 0. The number of likely N-dealkylation sites (tertiary alicyclic amines) is 1. The van der Waals surface area contributed by atoms with E-state index in [0.717, 1.165) is 18.4 Å². The van der Waals surface area contributed by atoms with Crippen LogP contribution in [-0.4, -0.2) is 37.2 Å². The molecule has 0 N–H and O–H groups in total. The molecule has 1 unspecified atom stereocenters. The number of amides is 1. The van der Waals surface area contributed by atoms with Crippen LogP contribution < -0.4 is 0 Å². The highest BCUT2D eigenvalue weighted by molar-refractivity contribution is 8.14. The number of rotatable bonds is 4. The summed E-state index contributed by atoms with van der Waals surface area (Å²) in [5, 5.41) is 0. The minimum atomic E-state index is -3.71. The van der Waals surface area contributed by atoms with Crippen molar-refractivity contribution in [1.29, 1.82) is 0 Å². The Kier molecular flexibility index (Phi) is 5.57. The molecule has 0 aromatic heterocycles. The fourth-order valence-corrected chi connectivity index (χ4v) is 3.69. The summed E-state index contributed by atoms with van der Waals surface area (Å²) in [7, 11) is 1.85. The van der Waals surface area contributed by atoms with E-state index in [1.807, 2.05) is 30.3 Å². The van der Waals surface area contributed by atoms with Gasteiger partial charge in [-0.2, -0.15) is 0 Å². The maximum Gasteiger partial charge on any atom is 0.410 e. The van der Waals surface area contributed by atoms with E-state index in [2.05, 4.69) is 0 Å². The van der Waals surface area contributed by atoms with Crippen molar-refractivity contribution in [1.82, 2.24) is 4.90 Å². The van der Waals surface area contributed by atoms with Crippen LogP contribution in [0.1, 0.15) is 32.3 Å². The third-order valence-electron chi connectivity index (χ3n) is 4.50. The number of nitrogens with zero attached hydrogens (tertiary/aromatic N) is 1. The maximum absolute atomic E-state index is 12.2. The summed E-state index contributed by atoms with van der Waals surface area (Å²) in [5.41, 5.74) is 0.915. The summed E-state index contributed by atoms with van der Waals surface area (Å²) in [6.07, 6.45) is 1.05. The Hall–Kier alpha value is -1.27. The van der Waals surface area contributed by atoms with Crippen LogP contribution in [0.5, 0.6) is 0 Å². The molecule has 0 radical (unpaired) electrons. The van der Waals surface area contributed by atoms with Gasteiger partial charge in [0, 0.05) is 23.8 Å². The average molecular weight is 360 g/mol. The van der Waals surface area contributed by atoms with Gasteiger partial charge in [-0.05, 0) is 38.2 Å². The van der Waals surface area contributed by atoms with E-state index in [-0.39, 0.29) is 12.5 Å². The van der Waals surface area contributed by atoms with Crippen LogP contribution >= 0.6 is 10.7 Å². The molecule has 0 bridgehead atoms. The van der Waals surface area contributed by atoms with Crippen molar-refractivity contribution in [2.75, 3.05) is 13.1 Å². The molecule has 128 valence electrons. The minimum absolute atomic E-state index is 0.206. The van der Waals surface area contributed by atoms with Crippen LogP contribution in [0, 0.1) is 5.92 Å². The topological polar surface area (TPSA) is 63.7 Å². The van der Waals surface area contributed by atoms with Gasteiger partial charge in [-0.15, -0.1) is 0 Å². The molecule has 1 aliphatic rings. The number of hydrogen-bond acceptors (Lipinski definition) is 4. The van der Waals surface area contributed by atoms with Gasteiger partial charge >= 0.3 is 6.09 Å². The summed E-state index contributed by atoms with van der Waals surface area (Å²) in [5.74, 6) is -0.206. The first-order chi connectivity index (χ1) is 10.7. The molecule has 0 spiro atoms. The Morgan fingerprint density at radius 1 is 1.35 bits per heavy atom. The first kappa shape index (κ1) is 18.1. The first-order valence-corrected chi connectivity index (χ1v) is 9.92. The van der Waals surface area contributed by atoms with Crippen LogP contribution in [-0.2, 0) is 20.4 Å². The van der Waals surface area contributed by atoms with E-state index >= 15 is 0 Å². The van der Waals surface area contributed by atoms with Gasteiger partial charge in [0.1, 0.15) is 6.61 Å². The number of hydrogen-bond donors (Lipinski definition) is 0. The van der Waals surface area contributed by atoms with Gasteiger partial charge in [0.2, 0.25) is 9.05 Å². The van der Waals surface area contributed by atoms with Crippen molar-refractivity contribution < 1.29 is 17.9 Å². The largest absolute Gasteiger partial charge is 0.445 e. The molecule has 1 aromatic carbocycles. The zero-order chi connectivity index (χ0) is 17.1. The van der Waals surface area contributed by atoms with Crippen LogP contribution in [0.15, 0.2) is 30.3 Å². The molecule has 1 heterocycles. The average Bonchev–Trinajstić information content (AvgIpc) is 2.52. The predicted molar refractivity (Wildman–Crippen MR) is 89.8 cm³/mol. The Labute approximate surface area is 142 Å². The van der Waals surface area contributed by atoms with Gasteiger partial charge < -0.3 is 9.64 Å². The van der Waals surface area contributed by atoms with Gasteiger partial charge in [0.15, 0.2) is 0 Å². The van der Waals surface area contributed by atoms with E-state index in [4.69, 9.17) is 15.4 Å². The monoisotopic (exact) mass is 359 g/mol. The van der Waals surface area contributed by atoms with Gasteiger partial charge in [-0.3, -0.25) is 0 Å². The zero-order valence-electron chi connectivity index (χ0n) is 13.4. The van der Waals surface area contributed by atoms with Crippen molar-refractivity contribution in [3.8, 4) is 0 Å². The molecule has 23 heavy (non-hydrogen) atoms. The maximum atomic E-state index is 12.2. The molecular formula is C16H22ClNO4S. The fraction of sp³-hybridized carbons (Fsp3) is 0.562. The van der Waals surface area contributed by atoms with Crippen molar-refractivity contribution in [2.24, 2.45) is 5.92 Å². The van der Waals surface area contributed by atoms with E-state index in [1.54, 1.807) is 18.7 Å². The minimum Gasteiger partial charge on any atom is -0.445 e. The third kappa shape index (κ3) is 4.38. The Balaban J connectivity index is 1.97. The van der Waals surface area contributed by atoms with Crippen molar-refractivity contribution >= 4 is 25.8 Å². The zero-order valence-corrected chi connectivity index (χ0v) is 14.9. The van der Waals surface area contributed by atoms with Crippen molar-refractivity contribution in [3.05, 3.63) is 35.9 Å².